The summed E-state index contributed by atoms with van der Waals surface area (Å²) in [7, 11) is 1.19. The van der Waals surface area contributed by atoms with Crippen LogP contribution in [0.25, 0.3) is 0 Å². The maximum atomic E-state index is 14.6. The Morgan fingerprint density at radius 2 is 1.90 bits per heavy atom. The Hall–Kier alpha value is -3.43. The number of anilines is 1. The number of carbonyl (C=O) groups is 3. The van der Waals surface area contributed by atoms with E-state index in [1.807, 2.05) is 0 Å². The van der Waals surface area contributed by atoms with Crippen molar-refractivity contribution in [2.24, 2.45) is 0 Å². The Balaban J connectivity index is 2.86. The van der Waals surface area contributed by atoms with E-state index in [0.29, 0.717) is 5.70 Å². The number of nitrogens with two attached hydrogens (primary N) is 1. The van der Waals surface area contributed by atoms with Crippen molar-refractivity contribution >= 4 is 23.6 Å². The van der Waals surface area contributed by atoms with E-state index in [1.165, 1.54) is 33.4 Å². The number of allylic oxidation sites excluding steroid dienone is 1. The minimum absolute atomic E-state index is 0.0246. The first-order valence-corrected chi connectivity index (χ1v) is 9.60. The van der Waals surface area contributed by atoms with Crippen molar-refractivity contribution in [2.75, 3.05) is 26.1 Å². The number of dihydropyridines is 1. The largest absolute Gasteiger partial charge is 0.466 e. The topological polar surface area (TPSA) is 130 Å². The van der Waals surface area contributed by atoms with Gasteiger partial charge >= 0.3 is 17.9 Å². The highest BCUT2D eigenvalue weighted by Gasteiger charge is 2.41. The van der Waals surface area contributed by atoms with Crippen LogP contribution in [0.3, 0.4) is 0 Å². The summed E-state index contributed by atoms with van der Waals surface area (Å²) in [5.74, 6) is -3.18. The molecule has 2 atom stereocenters. The molecule has 2 rings (SSSR count). The van der Waals surface area contributed by atoms with Crippen LogP contribution in [0, 0.1) is 0 Å². The summed E-state index contributed by atoms with van der Waals surface area (Å²) in [6.07, 6.45) is 1.11. The number of esters is 3. The molecule has 0 bridgehead atoms. The number of hydrogen-bond acceptors (Lipinski definition) is 9. The molecule has 2 heterocycles. The highest BCUT2D eigenvalue weighted by molar-refractivity contribution is 6.00. The zero-order chi connectivity index (χ0) is 23.3. The second-order valence-electron chi connectivity index (χ2n) is 6.83. The molecule has 10 heteroatoms. The van der Waals surface area contributed by atoms with Crippen molar-refractivity contribution in [1.29, 1.82) is 0 Å². The number of pyridine rings is 1. The number of hydrogen-bond donors (Lipinski definition) is 2. The van der Waals surface area contributed by atoms with Gasteiger partial charge in [-0.05, 0) is 26.3 Å². The molecule has 1 aliphatic rings. The maximum Gasteiger partial charge on any atom is 0.336 e. The summed E-state index contributed by atoms with van der Waals surface area (Å²) in [6.45, 7) is 5.48. The van der Waals surface area contributed by atoms with Gasteiger partial charge in [-0.1, -0.05) is 0 Å². The number of rotatable bonds is 7. The lowest BCUT2D eigenvalue weighted by Crippen LogP contribution is -2.35. The summed E-state index contributed by atoms with van der Waals surface area (Å²) in [5, 5.41) is 2.92. The summed E-state index contributed by atoms with van der Waals surface area (Å²) >= 11 is 0. The van der Waals surface area contributed by atoms with Crippen LogP contribution in [0.1, 0.15) is 50.9 Å². The number of nitrogens with zero attached hydrogens (tertiary/aromatic N) is 1. The van der Waals surface area contributed by atoms with Gasteiger partial charge in [-0.2, -0.15) is 0 Å². The van der Waals surface area contributed by atoms with Crippen molar-refractivity contribution in [2.45, 2.75) is 39.8 Å². The first-order valence-electron chi connectivity index (χ1n) is 9.60. The van der Waals surface area contributed by atoms with E-state index >= 15 is 0 Å². The van der Waals surface area contributed by atoms with Crippen molar-refractivity contribution in [3.8, 4) is 0 Å². The van der Waals surface area contributed by atoms with Gasteiger partial charge in [0.25, 0.3) is 0 Å². The van der Waals surface area contributed by atoms with Crippen LogP contribution in [0.5, 0.6) is 0 Å². The fourth-order valence-corrected chi connectivity index (χ4v) is 3.52. The van der Waals surface area contributed by atoms with E-state index in [1.54, 1.807) is 13.8 Å². The number of alkyl halides is 1. The lowest BCUT2D eigenvalue weighted by Gasteiger charge is -2.32. The average Bonchev–Trinajstić information content (AvgIpc) is 2.70. The molecule has 0 spiro atoms. The molecule has 0 saturated heterocycles. The van der Waals surface area contributed by atoms with E-state index in [2.05, 4.69) is 10.3 Å². The van der Waals surface area contributed by atoms with Gasteiger partial charge in [0.1, 0.15) is 12.8 Å². The summed E-state index contributed by atoms with van der Waals surface area (Å²) in [6, 6.07) is 0. The zero-order valence-electron chi connectivity index (χ0n) is 18.1. The molecular formula is C21H26FN3O6. The molecule has 2 unspecified atom stereocenters. The molecule has 0 aliphatic carbocycles. The number of ether oxygens (including phenoxy) is 3. The summed E-state index contributed by atoms with van der Waals surface area (Å²) in [4.78, 5) is 41.1. The average molecular weight is 435 g/mol. The van der Waals surface area contributed by atoms with Crippen LogP contribution in [0.2, 0.25) is 0 Å². The van der Waals surface area contributed by atoms with Gasteiger partial charge in [0.05, 0.1) is 48.4 Å². The first-order chi connectivity index (χ1) is 14.6. The quantitative estimate of drug-likeness (QED) is 0.489. The smallest absolute Gasteiger partial charge is 0.336 e. The van der Waals surface area contributed by atoms with Crippen LogP contribution in [0.15, 0.2) is 34.9 Å². The third kappa shape index (κ3) is 5.01. The van der Waals surface area contributed by atoms with Crippen LogP contribution in [-0.4, -0.2) is 43.2 Å². The molecule has 1 aromatic rings. The molecule has 0 fully saturated rings. The molecular weight excluding hydrogens is 409 g/mol. The standard InChI is InChI=1S/C21H26FN3O6/c1-6-30-21(28)19-15(9-31-12(4)26)25-11(3)17(20(27)29-5)18(19)13-7-24-8-14(23)16(13)10(2)22/h7-8,10,18,25H,6,9,23H2,1-5H3. The van der Waals surface area contributed by atoms with Gasteiger partial charge in [0, 0.05) is 24.4 Å². The fraction of sp³-hybridized carbons (Fsp3) is 0.429. The molecule has 0 saturated carbocycles. The Morgan fingerprint density at radius 1 is 1.23 bits per heavy atom. The number of nitrogen functional groups attached to an aromatic ring is 1. The third-order valence-electron chi connectivity index (χ3n) is 4.72. The molecule has 9 nitrogen and oxygen atoms in total. The Labute approximate surface area is 179 Å². The molecule has 3 N–H and O–H groups in total. The van der Waals surface area contributed by atoms with E-state index in [-0.39, 0.29) is 46.9 Å². The molecule has 1 aliphatic heterocycles. The number of methoxy groups -OCH3 is 1. The predicted octanol–water partition coefficient (Wildman–Crippen LogP) is 2.21. The third-order valence-corrected chi connectivity index (χ3v) is 4.72. The van der Waals surface area contributed by atoms with Crippen molar-refractivity contribution in [3.05, 3.63) is 46.1 Å². The summed E-state index contributed by atoms with van der Waals surface area (Å²) < 4.78 is 29.8. The van der Waals surface area contributed by atoms with Crippen molar-refractivity contribution < 1.29 is 33.0 Å². The Morgan fingerprint density at radius 3 is 2.45 bits per heavy atom. The highest BCUT2D eigenvalue weighted by atomic mass is 19.1. The number of halogens is 1. The number of nitrogens with one attached hydrogen (secondary N) is 1. The van der Waals surface area contributed by atoms with Gasteiger partial charge in [-0.15, -0.1) is 0 Å². The van der Waals surface area contributed by atoms with Gasteiger partial charge in [-0.3, -0.25) is 9.78 Å². The van der Waals surface area contributed by atoms with E-state index in [4.69, 9.17) is 19.9 Å². The zero-order valence-corrected chi connectivity index (χ0v) is 18.1. The van der Waals surface area contributed by atoms with Crippen molar-refractivity contribution in [1.82, 2.24) is 10.3 Å². The predicted molar refractivity (Wildman–Crippen MR) is 109 cm³/mol. The molecule has 0 amide bonds. The van der Waals surface area contributed by atoms with Gasteiger partial charge in [-0.25, -0.2) is 14.0 Å². The molecule has 31 heavy (non-hydrogen) atoms. The van der Waals surface area contributed by atoms with E-state index in [0.717, 1.165) is 0 Å². The highest BCUT2D eigenvalue weighted by Crippen LogP contribution is 2.43. The van der Waals surface area contributed by atoms with Gasteiger partial charge < -0.3 is 25.3 Å². The van der Waals surface area contributed by atoms with E-state index < -0.39 is 30.0 Å². The lowest BCUT2D eigenvalue weighted by molar-refractivity contribution is -0.142. The summed E-state index contributed by atoms with van der Waals surface area (Å²) in [5.41, 5.74) is 6.92. The second-order valence-corrected chi connectivity index (χ2v) is 6.83. The lowest BCUT2D eigenvalue weighted by atomic mass is 9.78. The van der Waals surface area contributed by atoms with Crippen molar-refractivity contribution in [3.63, 3.8) is 0 Å². The van der Waals surface area contributed by atoms with Crippen LogP contribution < -0.4 is 11.1 Å². The molecule has 0 aromatic carbocycles. The normalized spacial score (nSPS) is 17.0. The van der Waals surface area contributed by atoms with Gasteiger partial charge in [0.15, 0.2) is 0 Å². The number of aromatic nitrogens is 1. The maximum absolute atomic E-state index is 14.6. The van der Waals surface area contributed by atoms with Crippen LogP contribution in [-0.2, 0) is 28.6 Å². The van der Waals surface area contributed by atoms with Gasteiger partial charge in [0.2, 0.25) is 0 Å². The minimum atomic E-state index is -1.52. The Bertz CT molecular complexity index is 954. The first kappa shape index (κ1) is 23.8. The monoisotopic (exact) mass is 435 g/mol. The molecule has 168 valence electrons. The SMILES string of the molecule is CCOC(=O)C1=C(COC(C)=O)NC(C)=C(C(=O)OC)C1c1cncc(N)c1C(C)F. The fourth-order valence-electron chi connectivity index (χ4n) is 3.52. The second kappa shape index (κ2) is 10.1. The Kier molecular flexibility index (Phi) is 7.73. The minimum Gasteiger partial charge on any atom is -0.466 e. The number of carbonyl (C=O) groups excluding carboxylic acids is 3. The van der Waals surface area contributed by atoms with E-state index in [9.17, 15) is 18.8 Å². The molecule has 0 radical (unpaired) electrons. The molecule has 1 aromatic heterocycles. The van der Waals surface area contributed by atoms with Crippen LogP contribution in [0.4, 0.5) is 10.1 Å². The van der Waals surface area contributed by atoms with Crippen LogP contribution >= 0.6 is 0 Å².